The number of likely N-dealkylation sites (N-methyl/N-ethyl adjacent to an activating group) is 2. The molecule has 0 fully saturated rings. The fourth-order valence-corrected chi connectivity index (χ4v) is 2.17. The van der Waals surface area contributed by atoms with Crippen molar-refractivity contribution >= 4 is 5.91 Å². The Labute approximate surface area is 115 Å². The predicted octanol–water partition coefficient (Wildman–Crippen LogP) is 1.43. The maximum Gasteiger partial charge on any atom is 0.233 e. The molecule has 19 heavy (non-hydrogen) atoms. The molecule has 0 aromatic carbocycles. The lowest BCUT2D eigenvalue weighted by Gasteiger charge is -2.32. The lowest BCUT2D eigenvalue weighted by Crippen LogP contribution is -2.44. The molecular formula is C14H25N3O2. The van der Waals surface area contributed by atoms with Crippen molar-refractivity contribution in [1.29, 1.82) is 0 Å². The van der Waals surface area contributed by atoms with Gasteiger partial charge in [-0.3, -0.25) is 9.69 Å². The molecule has 108 valence electrons. The smallest absolute Gasteiger partial charge is 0.233 e. The van der Waals surface area contributed by atoms with Crippen LogP contribution in [0.3, 0.4) is 0 Å². The first-order valence-corrected chi connectivity index (χ1v) is 6.80. The maximum absolute atomic E-state index is 11.6. The minimum atomic E-state index is -0.0685. The van der Waals surface area contributed by atoms with Crippen LogP contribution in [-0.2, 0) is 4.79 Å². The molecule has 0 saturated heterocycles. The molecule has 0 spiro atoms. The fraction of sp³-hybridized carbons (Fsp3) is 0.643. The van der Waals surface area contributed by atoms with E-state index in [-0.39, 0.29) is 18.0 Å². The van der Waals surface area contributed by atoms with Gasteiger partial charge in [0.2, 0.25) is 5.91 Å². The quantitative estimate of drug-likeness (QED) is 0.784. The van der Waals surface area contributed by atoms with Crippen LogP contribution in [0, 0.1) is 6.92 Å². The molecule has 1 aromatic rings. The molecule has 5 nitrogen and oxygen atoms in total. The summed E-state index contributed by atoms with van der Waals surface area (Å²) < 4.78 is 5.71. The molecule has 3 N–H and O–H groups in total. The van der Waals surface area contributed by atoms with Crippen LogP contribution in [0.15, 0.2) is 16.5 Å². The summed E-state index contributed by atoms with van der Waals surface area (Å²) in [4.78, 5) is 13.7. The second-order valence-electron chi connectivity index (χ2n) is 4.70. The van der Waals surface area contributed by atoms with Gasteiger partial charge in [-0.2, -0.15) is 0 Å². The molecule has 1 aromatic heterocycles. The summed E-state index contributed by atoms with van der Waals surface area (Å²) in [5.41, 5.74) is 6.22. The van der Waals surface area contributed by atoms with E-state index in [1.165, 1.54) is 0 Å². The molecule has 0 aliphatic carbocycles. The zero-order valence-corrected chi connectivity index (χ0v) is 12.3. The number of furan rings is 1. The van der Waals surface area contributed by atoms with Gasteiger partial charge in [-0.15, -0.1) is 0 Å². The van der Waals surface area contributed by atoms with Gasteiger partial charge in [0.25, 0.3) is 0 Å². The molecule has 1 amide bonds. The van der Waals surface area contributed by atoms with E-state index in [2.05, 4.69) is 5.32 Å². The van der Waals surface area contributed by atoms with E-state index in [0.29, 0.717) is 6.54 Å². The van der Waals surface area contributed by atoms with E-state index in [0.717, 1.165) is 24.5 Å². The van der Waals surface area contributed by atoms with Crippen molar-refractivity contribution in [3.8, 4) is 0 Å². The normalized spacial score (nSPS) is 14.4. The Morgan fingerprint density at radius 1 is 1.47 bits per heavy atom. The van der Waals surface area contributed by atoms with E-state index in [4.69, 9.17) is 10.2 Å². The number of hydrogen-bond donors (Lipinski definition) is 2. The van der Waals surface area contributed by atoms with Crippen LogP contribution in [-0.4, -0.2) is 37.0 Å². The van der Waals surface area contributed by atoms with Gasteiger partial charge in [-0.05, 0) is 32.0 Å². The Balaban J connectivity index is 2.97. The summed E-state index contributed by atoms with van der Waals surface area (Å²) in [5, 5.41) is 2.65. The number of carbonyl (C=O) groups is 1. The van der Waals surface area contributed by atoms with Crippen LogP contribution in [0.5, 0.6) is 0 Å². The number of nitrogens with one attached hydrogen (secondary N) is 1. The summed E-state index contributed by atoms with van der Waals surface area (Å²) >= 11 is 0. The standard InChI is InChI=1S/C14H25N3O2/c1-5-11(15)14(12-8-7-10(3)19-12)17(6-2)9-13(18)16-4/h7-8,11,14H,5-6,9,15H2,1-4H3,(H,16,18). The number of rotatable bonds is 7. The van der Waals surface area contributed by atoms with Crippen molar-refractivity contribution in [2.45, 2.75) is 39.3 Å². The van der Waals surface area contributed by atoms with Crippen molar-refractivity contribution in [3.63, 3.8) is 0 Å². The Bertz CT molecular complexity index is 403. The summed E-state index contributed by atoms with van der Waals surface area (Å²) in [5.74, 6) is 1.68. The Kier molecular flexibility index (Phi) is 6.05. The van der Waals surface area contributed by atoms with Gasteiger partial charge < -0.3 is 15.5 Å². The number of nitrogens with two attached hydrogens (primary N) is 1. The molecule has 0 saturated carbocycles. The van der Waals surface area contributed by atoms with Crippen molar-refractivity contribution in [2.24, 2.45) is 5.73 Å². The highest BCUT2D eigenvalue weighted by molar-refractivity contribution is 5.77. The topological polar surface area (TPSA) is 71.5 Å². The number of hydrogen-bond acceptors (Lipinski definition) is 4. The van der Waals surface area contributed by atoms with Crippen LogP contribution in [0.1, 0.15) is 37.8 Å². The van der Waals surface area contributed by atoms with Crippen LogP contribution in [0.4, 0.5) is 0 Å². The number of nitrogens with zero attached hydrogens (tertiary/aromatic N) is 1. The van der Waals surface area contributed by atoms with Crippen molar-refractivity contribution < 1.29 is 9.21 Å². The average molecular weight is 267 g/mol. The first kappa shape index (κ1) is 15.7. The first-order chi connectivity index (χ1) is 9.03. The van der Waals surface area contributed by atoms with Crippen LogP contribution in [0.2, 0.25) is 0 Å². The first-order valence-electron chi connectivity index (χ1n) is 6.80. The van der Waals surface area contributed by atoms with Gasteiger partial charge in [-0.25, -0.2) is 0 Å². The summed E-state index contributed by atoms with van der Waals surface area (Å²) in [7, 11) is 1.64. The zero-order valence-electron chi connectivity index (χ0n) is 12.3. The highest BCUT2D eigenvalue weighted by Gasteiger charge is 2.28. The minimum Gasteiger partial charge on any atom is -0.465 e. The lowest BCUT2D eigenvalue weighted by atomic mass is 10.0. The van der Waals surface area contributed by atoms with Gasteiger partial charge in [0, 0.05) is 13.1 Å². The zero-order chi connectivity index (χ0) is 14.4. The van der Waals surface area contributed by atoms with Crippen molar-refractivity contribution in [1.82, 2.24) is 10.2 Å². The average Bonchev–Trinajstić information content (AvgIpc) is 2.83. The number of carbonyl (C=O) groups excluding carboxylic acids is 1. The van der Waals surface area contributed by atoms with Crippen molar-refractivity contribution in [2.75, 3.05) is 20.1 Å². The summed E-state index contributed by atoms with van der Waals surface area (Å²) in [6.45, 7) is 7.04. The minimum absolute atomic E-state index is 0.0153. The summed E-state index contributed by atoms with van der Waals surface area (Å²) in [6, 6.07) is 3.75. The van der Waals surface area contributed by atoms with Crippen LogP contribution >= 0.6 is 0 Å². The van der Waals surface area contributed by atoms with E-state index in [9.17, 15) is 4.79 Å². The second-order valence-corrected chi connectivity index (χ2v) is 4.70. The van der Waals surface area contributed by atoms with Crippen LogP contribution < -0.4 is 11.1 Å². The van der Waals surface area contributed by atoms with Gasteiger partial charge in [0.1, 0.15) is 11.5 Å². The van der Waals surface area contributed by atoms with Gasteiger partial charge in [0.15, 0.2) is 0 Å². The molecule has 0 aliphatic heterocycles. The third-order valence-electron chi connectivity index (χ3n) is 3.35. The third-order valence-corrected chi connectivity index (χ3v) is 3.35. The highest BCUT2D eigenvalue weighted by atomic mass is 16.3. The predicted molar refractivity (Wildman–Crippen MR) is 75.8 cm³/mol. The Morgan fingerprint density at radius 3 is 2.58 bits per heavy atom. The third kappa shape index (κ3) is 4.08. The molecule has 1 rings (SSSR count). The molecule has 2 unspecified atom stereocenters. The molecule has 0 bridgehead atoms. The highest BCUT2D eigenvalue weighted by Crippen LogP contribution is 2.26. The molecule has 1 heterocycles. The van der Waals surface area contributed by atoms with E-state index in [1.807, 2.05) is 37.8 Å². The molecule has 2 atom stereocenters. The Hall–Kier alpha value is -1.33. The van der Waals surface area contributed by atoms with Crippen LogP contribution in [0.25, 0.3) is 0 Å². The summed E-state index contributed by atoms with van der Waals surface area (Å²) in [6.07, 6.45) is 0.828. The van der Waals surface area contributed by atoms with Gasteiger partial charge in [0.05, 0.1) is 12.6 Å². The van der Waals surface area contributed by atoms with E-state index < -0.39 is 0 Å². The molecule has 0 radical (unpaired) electrons. The number of aryl methyl sites for hydroxylation is 1. The molecule has 5 heteroatoms. The largest absolute Gasteiger partial charge is 0.465 e. The SMILES string of the molecule is CCC(N)C(c1ccc(C)o1)N(CC)CC(=O)NC. The maximum atomic E-state index is 11.6. The lowest BCUT2D eigenvalue weighted by molar-refractivity contribution is -0.122. The molecular weight excluding hydrogens is 242 g/mol. The van der Waals surface area contributed by atoms with Gasteiger partial charge >= 0.3 is 0 Å². The fourth-order valence-electron chi connectivity index (χ4n) is 2.17. The van der Waals surface area contributed by atoms with Gasteiger partial charge in [-0.1, -0.05) is 13.8 Å². The molecule has 0 aliphatic rings. The van der Waals surface area contributed by atoms with E-state index in [1.54, 1.807) is 7.05 Å². The van der Waals surface area contributed by atoms with E-state index >= 15 is 0 Å². The number of amides is 1. The monoisotopic (exact) mass is 267 g/mol. The van der Waals surface area contributed by atoms with Crippen molar-refractivity contribution in [3.05, 3.63) is 23.7 Å². The Morgan fingerprint density at radius 2 is 2.16 bits per heavy atom. The second kappa shape index (κ2) is 7.31.